The van der Waals surface area contributed by atoms with Crippen LogP contribution < -0.4 is 14.8 Å². The van der Waals surface area contributed by atoms with E-state index in [9.17, 15) is 4.79 Å². The Morgan fingerprint density at radius 1 is 1.03 bits per heavy atom. The lowest BCUT2D eigenvalue weighted by Gasteiger charge is -2.22. The van der Waals surface area contributed by atoms with E-state index in [0.29, 0.717) is 22.6 Å². The van der Waals surface area contributed by atoms with Gasteiger partial charge in [0, 0.05) is 48.4 Å². The Kier molecular flexibility index (Phi) is 6.33. The van der Waals surface area contributed by atoms with E-state index in [2.05, 4.69) is 34.1 Å². The summed E-state index contributed by atoms with van der Waals surface area (Å²) in [5.74, 6) is 0.209. The van der Waals surface area contributed by atoms with Crippen molar-refractivity contribution < 1.29 is 18.7 Å². The highest BCUT2D eigenvalue weighted by Crippen LogP contribution is 2.39. The number of hydrazone groups is 1. The Morgan fingerprint density at radius 3 is 2.41 bits per heavy atom. The minimum Gasteiger partial charge on any atom is -0.493 e. The van der Waals surface area contributed by atoms with Crippen LogP contribution in [-0.2, 0) is 13.5 Å². The fourth-order valence-electron chi connectivity index (χ4n) is 4.93. The number of halogens is 1. The average Bonchev–Trinajstić information content (AvgIpc) is 3.21. The molecule has 1 aliphatic rings. The second-order valence-corrected chi connectivity index (χ2v) is 9.13. The Morgan fingerprint density at radius 2 is 1.73 bits per heavy atom. The third-order valence-corrected chi connectivity index (χ3v) is 6.88. The van der Waals surface area contributed by atoms with Gasteiger partial charge in [-0.05, 0) is 42.7 Å². The highest BCUT2D eigenvalue weighted by atomic mass is 19.1. The lowest BCUT2D eigenvalue weighted by atomic mass is 9.92. The zero-order valence-electron chi connectivity index (χ0n) is 21.5. The van der Waals surface area contributed by atoms with E-state index in [-0.39, 0.29) is 24.2 Å². The normalized spacial score (nSPS) is 15.1. The van der Waals surface area contributed by atoms with Crippen LogP contribution in [0.25, 0.3) is 22.0 Å². The lowest BCUT2D eigenvalue weighted by molar-refractivity contribution is 0.184. The number of aromatic nitrogens is 1. The van der Waals surface area contributed by atoms with Crippen LogP contribution >= 0.6 is 0 Å². The molecular weight excluding hydrogens is 471 g/mol. The maximum atomic E-state index is 15.4. The zero-order chi connectivity index (χ0) is 26.3. The van der Waals surface area contributed by atoms with Gasteiger partial charge in [-0.15, -0.1) is 0 Å². The van der Waals surface area contributed by atoms with Crippen LogP contribution in [0.5, 0.6) is 11.5 Å². The molecule has 0 saturated heterocycles. The molecule has 3 aromatic carbocycles. The van der Waals surface area contributed by atoms with Crippen molar-refractivity contribution in [1.82, 2.24) is 14.9 Å². The molecule has 1 atom stereocenters. The fraction of sp³-hybridized carbons (Fsp3) is 0.241. The lowest BCUT2D eigenvalue weighted by Crippen LogP contribution is -2.41. The number of aryl methyl sites for hydroxylation is 1. The number of urea groups is 1. The molecule has 7 nitrogen and oxygen atoms in total. The number of amides is 2. The second-order valence-electron chi connectivity index (χ2n) is 9.13. The van der Waals surface area contributed by atoms with Crippen molar-refractivity contribution in [2.24, 2.45) is 12.1 Å². The SMILES string of the molecule is CNC(=O)N1N=C(c2ccc(-c3ccc4c(ccn4C)c3)cc2)c2c(c(F)cc(OC)c2OC)CC1C. The molecule has 0 fully saturated rings. The number of hydrogen-bond donors (Lipinski definition) is 1. The summed E-state index contributed by atoms with van der Waals surface area (Å²) in [6, 6.07) is 16.9. The molecule has 5 rings (SSSR count). The maximum absolute atomic E-state index is 15.4. The highest BCUT2D eigenvalue weighted by molar-refractivity contribution is 6.16. The number of methoxy groups -OCH3 is 2. The summed E-state index contributed by atoms with van der Waals surface area (Å²) >= 11 is 0. The molecule has 190 valence electrons. The van der Waals surface area contributed by atoms with Gasteiger partial charge in [0.25, 0.3) is 0 Å². The van der Waals surface area contributed by atoms with Gasteiger partial charge in [0.05, 0.1) is 25.8 Å². The number of nitrogens with one attached hydrogen (secondary N) is 1. The van der Waals surface area contributed by atoms with Crippen molar-refractivity contribution in [3.05, 3.63) is 83.3 Å². The molecule has 0 spiro atoms. The third-order valence-electron chi connectivity index (χ3n) is 6.88. The Balaban J connectivity index is 1.66. The van der Waals surface area contributed by atoms with Crippen LogP contribution in [0.4, 0.5) is 9.18 Å². The van der Waals surface area contributed by atoms with Gasteiger partial charge in [-0.3, -0.25) is 0 Å². The smallest absolute Gasteiger partial charge is 0.337 e. The van der Waals surface area contributed by atoms with Crippen molar-refractivity contribution in [3.63, 3.8) is 0 Å². The summed E-state index contributed by atoms with van der Waals surface area (Å²) < 4.78 is 28.6. The van der Waals surface area contributed by atoms with Gasteiger partial charge in [0.2, 0.25) is 0 Å². The molecule has 0 radical (unpaired) electrons. The number of carbonyl (C=O) groups is 1. The molecule has 0 aliphatic carbocycles. The summed E-state index contributed by atoms with van der Waals surface area (Å²) in [4.78, 5) is 12.7. The van der Waals surface area contributed by atoms with Gasteiger partial charge in [0.1, 0.15) is 11.5 Å². The number of rotatable bonds is 4. The van der Waals surface area contributed by atoms with Gasteiger partial charge in [0.15, 0.2) is 11.5 Å². The number of carbonyl (C=O) groups excluding carboxylic acids is 1. The molecule has 1 N–H and O–H groups in total. The van der Waals surface area contributed by atoms with Gasteiger partial charge in [-0.2, -0.15) is 5.10 Å². The maximum Gasteiger partial charge on any atom is 0.337 e. The topological polar surface area (TPSA) is 68.1 Å². The number of benzene rings is 3. The molecule has 2 heterocycles. The van der Waals surface area contributed by atoms with Crippen molar-refractivity contribution in [3.8, 4) is 22.6 Å². The Bertz CT molecular complexity index is 1520. The summed E-state index contributed by atoms with van der Waals surface area (Å²) in [7, 11) is 6.55. The molecule has 1 aromatic heterocycles. The number of ether oxygens (including phenoxy) is 2. The minimum atomic E-state index is -0.432. The molecule has 1 unspecified atom stereocenters. The molecule has 0 saturated carbocycles. The van der Waals surface area contributed by atoms with Gasteiger partial charge in [-0.25, -0.2) is 14.2 Å². The molecule has 2 amide bonds. The molecular formula is C29H29FN4O3. The summed E-state index contributed by atoms with van der Waals surface area (Å²) in [6.45, 7) is 1.84. The van der Waals surface area contributed by atoms with E-state index in [1.54, 1.807) is 7.05 Å². The predicted molar refractivity (Wildman–Crippen MR) is 143 cm³/mol. The first-order valence-electron chi connectivity index (χ1n) is 12.1. The van der Waals surface area contributed by atoms with Crippen LogP contribution in [0.1, 0.15) is 23.6 Å². The van der Waals surface area contributed by atoms with Crippen LogP contribution in [0.15, 0.2) is 65.9 Å². The van der Waals surface area contributed by atoms with Crippen molar-refractivity contribution >= 4 is 22.6 Å². The molecule has 0 bridgehead atoms. The second kappa shape index (κ2) is 9.61. The van der Waals surface area contributed by atoms with Crippen LogP contribution in [0, 0.1) is 5.82 Å². The monoisotopic (exact) mass is 500 g/mol. The molecule has 1 aliphatic heterocycles. The minimum absolute atomic E-state index is 0.261. The van der Waals surface area contributed by atoms with Crippen LogP contribution in [0.2, 0.25) is 0 Å². The Labute approximate surface area is 215 Å². The summed E-state index contributed by atoms with van der Waals surface area (Å²) in [6.07, 6.45) is 2.30. The largest absolute Gasteiger partial charge is 0.493 e. The average molecular weight is 501 g/mol. The number of nitrogens with zero attached hydrogens (tertiary/aromatic N) is 3. The van der Waals surface area contributed by atoms with E-state index < -0.39 is 5.82 Å². The summed E-state index contributed by atoms with van der Waals surface area (Å²) in [5.41, 5.74) is 5.34. The molecule has 4 aromatic rings. The Hall–Kier alpha value is -4.33. The van der Waals surface area contributed by atoms with Gasteiger partial charge < -0.3 is 19.4 Å². The zero-order valence-corrected chi connectivity index (χ0v) is 21.5. The predicted octanol–water partition coefficient (Wildman–Crippen LogP) is 5.34. The standard InChI is InChI=1S/C29H29FN4O3/c1-17-14-22-23(30)16-25(36-4)28(37-5)26(22)27(32-34(17)29(35)31-2)19-8-6-18(7-9-19)20-10-11-24-21(15-20)12-13-33(24)3/h6-13,15-17H,14H2,1-5H3,(H,31,35). The van der Waals surface area contributed by atoms with Crippen molar-refractivity contribution in [2.45, 2.75) is 19.4 Å². The van der Waals surface area contributed by atoms with Crippen LogP contribution in [0.3, 0.4) is 0 Å². The summed E-state index contributed by atoms with van der Waals surface area (Å²) in [5, 5.41) is 9.90. The van der Waals surface area contributed by atoms with E-state index in [0.717, 1.165) is 27.6 Å². The molecule has 37 heavy (non-hydrogen) atoms. The van der Waals surface area contributed by atoms with Crippen molar-refractivity contribution in [1.29, 1.82) is 0 Å². The first-order chi connectivity index (χ1) is 17.9. The number of fused-ring (bicyclic) bond motifs is 2. The fourth-order valence-corrected chi connectivity index (χ4v) is 4.93. The third kappa shape index (κ3) is 4.18. The number of hydrogen-bond acceptors (Lipinski definition) is 4. The van der Waals surface area contributed by atoms with Gasteiger partial charge in [-0.1, -0.05) is 30.3 Å². The van der Waals surface area contributed by atoms with E-state index >= 15 is 4.39 Å². The first-order valence-corrected chi connectivity index (χ1v) is 12.1. The van der Waals surface area contributed by atoms with E-state index in [1.165, 1.54) is 25.3 Å². The van der Waals surface area contributed by atoms with E-state index in [1.807, 2.05) is 44.4 Å². The van der Waals surface area contributed by atoms with E-state index in [4.69, 9.17) is 14.6 Å². The van der Waals surface area contributed by atoms with Gasteiger partial charge >= 0.3 is 6.03 Å². The molecule has 8 heteroatoms. The first kappa shape index (κ1) is 24.4. The van der Waals surface area contributed by atoms with Crippen LogP contribution in [-0.4, -0.2) is 48.6 Å². The van der Waals surface area contributed by atoms with Crippen molar-refractivity contribution in [2.75, 3.05) is 21.3 Å². The quantitative estimate of drug-likeness (QED) is 0.411. The highest BCUT2D eigenvalue weighted by Gasteiger charge is 2.32.